The zero-order chi connectivity index (χ0) is 14.6. The number of rotatable bonds is 7. The fourth-order valence-electron chi connectivity index (χ4n) is 1.90. The molecule has 0 unspecified atom stereocenters. The van der Waals surface area contributed by atoms with Crippen LogP contribution in [-0.4, -0.2) is 44.1 Å². The van der Waals surface area contributed by atoms with Crippen molar-refractivity contribution in [3.63, 3.8) is 0 Å². The number of hydrogen-bond donors (Lipinski definition) is 1. The van der Waals surface area contributed by atoms with Gasteiger partial charge in [0, 0.05) is 19.7 Å². The van der Waals surface area contributed by atoms with E-state index in [0.717, 1.165) is 0 Å². The second-order valence-electron chi connectivity index (χ2n) is 4.53. The van der Waals surface area contributed by atoms with Gasteiger partial charge >= 0.3 is 0 Å². The highest BCUT2D eigenvalue weighted by atomic mass is 32.2. The van der Waals surface area contributed by atoms with Crippen molar-refractivity contribution in [2.24, 2.45) is 0 Å². The van der Waals surface area contributed by atoms with Crippen molar-refractivity contribution in [3.05, 3.63) is 15.8 Å². The van der Waals surface area contributed by atoms with E-state index in [0.29, 0.717) is 23.6 Å². The summed E-state index contributed by atoms with van der Waals surface area (Å²) in [7, 11) is -2.06. The Morgan fingerprint density at radius 3 is 2.58 bits per heavy atom. The third-order valence-corrected chi connectivity index (χ3v) is 6.32. The van der Waals surface area contributed by atoms with Crippen molar-refractivity contribution in [3.8, 4) is 0 Å². The lowest BCUT2D eigenvalue weighted by Crippen LogP contribution is -2.39. The molecule has 0 saturated heterocycles. The molecule has 1 aromatic heterocycles. The number of sulfonamides is 1. The van der Waals surface area contributed by atoms with Crippen LogP contribution in [-0.2, 0) is 21.4 Å². The number of hydrogen-bond acceptors (Lipinski definition) is 5. The summed E-state index contributed by atoms with van der Waals surface area (Å²) in [4.78, 5) is 0.727. The lowest BCUT2D eigenvalue weighted by Gasteiger charge is -2.26. The molecule has 19 heavy (non-hydrogen) atoms. The molecule has 0 fully saturated rings. The summed E-state index contributed by atoms with van der Waals surface area (Å²) in [6.45, 7) is 5.79. The molecule has 0 spiro atoms. The molecule has 0 bridgehead atoms. The van der Waals surface area contributed by atoms with E-state index in [2.05, 4.69) is 0 Å². The van der Waals surface area contributed by atoms with Gasteiger partial charge in [-0.2, -0.15) is 4.31 Å². The third kappa shape index (κ3) is 3.55. The van der Waals surface area contributed by atoms with Crippen LogP contribution in [0.15, 0.2) is 10.3 Å². The maximum Gasteiger partial charge on any atom is 0.244 e. The van der Waals surface area contributed by atoms with Gasteiger partial charge in [0.05, 0.1) is 18.1 Å². The molecule has 7 heteroatoms. The average Bonchev–Trinajstić information content (AvgIpc) is 2.70. The highest BCUT2D eigenvalue weighted by Crippen LogP contribution is 2.30. The van der Waals surface area contributed by atoms with Gasteiger partial charge in [-0.15, -0.1) is 11.3 Å². The van der Waals surface area contributed by atoms with Crippen LogP contribution in [0.5, 0.6) is 0 Å². The van der Waals surface area contributed by atoms with Crippen molar-refractivity contribution in [2.75, 3.05) is 20.3 Å². The Balaban J connectivity index is 3.22. The Morgan fingerprint density at radius 2 is 2.11 bits per heavy atom. The Bertz CT molecular complexity index is 508. The highest BCUT2D eigenvalue weighted by molar-refractivity contribution is 7.89. The number of methoxy groups -OCH3 is 1. The van der Waals surface area contributed by atoms with Gasteiger partial charge in [0.15, 0.2) is 0 Å². The van der Waals surface area contributed by atoms with Crippen molar-refractivity contribution < 1.29 is 18.3 Å². The smallest absolute Gasteiger partial charge is 0.244 e. The molecular weight excluding hydrogens is 286 g/mol. The maximum absolute atomic E-state index is 12.7. The van der Waals surface area contributed by atoms with E-state index in [9.17, 15) is 13.5 Å². The van der Waals surface area contributed by atoms with Gasteiger partial charge in [-0.25, -0.2) is 8.42 Å². The SMILES string of the molecule is COCCN(C(C)C)S(=O)(=O)c1c(C)csc1CO. The topological polar surface area (TPSA) is 66.8 Å². The summed E-state index contributed by atoms with van der Waals surface area (Å²) >= 11 is 1.27. The largest absolute Gasteiger partial charge is 0.391 e. The van der Waals surface area contributed by atoms with E-state index in [1.165, 1.54) is 15.6 Å². The second kappa shape index (κ2) is 6.81. The molecule has 110 valence electrons. The number of aliphatic hydroxyl groups excluding tert-OH is 1. The normalized spacial score (nSPS) is 12.6. The quantitative estimate of drug-likeness (QED) is 0.831. The van der Waals surface area contributed by atoms with E-state index >= 15 is 0 Å². The molecule has 0 aromatic carbocycles. The van der Waals surface area contributed by atoms with E-state index in [-0.39, 0.29) is 17.5 Å². The number of nitrogens with zero attached hydrogens (tertiary/aromatic N) is 1. The third-order valence-electron chi connectivity index (χ3n) is 2.79. The monoisotopic (exact) mass is 307 g/mol. The van der Waals surface area contributed by atoms with Gasteiger partial charge in [0.2, 0.25) is 10.0 Å². The first-order valence-corrected chi connectivity index (χ1v) is 8.36. The maximum atomic E-state index is 12.7. The number of aliphatic hydroxyl groups is 1. The summed E-state index contributed by atoms with van der Waals surface area (Å²) < 4.78 is 31.8. The van der Waals surface area contributed by atoms with Crippen LogP contribution in [0.1, 0.15) is 24.3 Å². The van der Waals surface area contributed by atoms with Crippen molar-refractivity contribution in [1.82, 2.24) is 4.31 Å². The highest BCUT2D eigenvalue weighted by Gasteiger charge is 2.31. The molecule has 1 heterocycles. The molecule has 0 aliphatic carbocycles. The van der Waals surface area contributed by atoms with Crippen molar-refractivity contribution >= 4 is 21.4 Å². The molecule has 0 saturated carbocycles. The van der Waals surface area contributed by atoms with Gasteiger partial charge in [-0.3, -0.25) is 0 Å². The predicted molar refractivity (Wildman–Crippen MR) is 75.9 cm³/mol. The van der Waals surface area contributed by atoms with Gasteiger partial charge in [-0.05, 0) is 31.7 Å². The molecule has 0 amide bonds. The minimum atomic E-state index is -3.60. The first kappa shape index (κ1) is 16.6. The molecular formula is C12H21NO4S2. The van der Waals surface area contributed by atoms with Crippen molar-refractivity contribution in [1.29, 1.82) is 0 Å². The van der Waals surface area contributed by atoms with Crippen LogP contribution < -0.4 is 0 Å². The van der Waals surface area contributed by atoms with Gasteiger partial charge in [-0.1, -0.05) is 0 Å². The molecule has 5 nitrogen and oxygen atoms in total. The predicted octanol–water partition coefficient (Wildman–Crippen LogP) is 1.59. The summed E-state index contributed by atoms with van der Waals surface area (Å²) in [5.41, 5.74) is 0.678. The Kier molecular flexibility index (Phi) is 5.94. The van der Waals surface area contributed by atoms with Gasteiger partial charge < -0.3 is 9.84 Å². The van der Waals surface area contributed by atoms with E-state index < -0.39 is 10.0 Å². The fourth-order valence-corrected chi connectivity index (χ4v) is 5.13. The van der Waals surface area contributed by atoms with Crippen LogP contribution in [0.4, 0.5) is 0 Å². The van der Waals surface area contributed by atoms with Crippen molar-refractivity contribution in [2.45, 2.75) is 38.3 Å². The summed E-state index contributed by atoms with van der Waals surface area (Å²) in [6, 6.07) is -0.161. The van der Waals surface area contributed by atoms with E-state index in [1.807, 2.05) is 13.8 Å². The Morgan fingerprint density at radius 1 is 1.47 bits per heavy atom. The van der Waals surface area contributed by atoms with Crippen LogP contribution in [0.2, 0.25) is 0 Å². The lowest BCUT2D eigenvalue weighted by atomic mass is 10.3. The Labute approximate surface area is 118 Å². The Hall–Kier alpha value is -0.470. The van der Waals surface area contributed by atoms with Gasteiger partial charge in [0.25, 0.3) is 0 Å². The fraction of sp³-hybridized carbons (Fsp3) is 0.667. The molecule has 0 radical (unpaired) electrons. The standard InChI is InChI=1S/C12H21NO4S2/c1-9(2)13(5-6-17-4)19(15,16)12-10(3)8-18-11(12)7-14/h8-9,14H,5-7H2,1-4H3. The van der Waals surface area contributed by atoms with E-state index in [1.54, 1.807) is 19.4 Å². The average molecular weight is 307 g/mol. The minimum Gasteiger partial charge on any atom is -0.391 e. The van der Waals surface area contributed by atoms with Crippen LogP contribution >= 0.6 is 11.3 Å². The van der Waals surface area contributed by atoms with Crippen LogP contribution in [0.25, 0.3) is 0 Å². The summed E-state index contributed by atoms with van der Waals surface area (Å²) in [6.07, 6.45) is 0. The molecule has 1 N–H and O–H groups in total. The molecule has 0 aliphatic heterocycles. The molecule has 1 aromatic rings. The zero-order valence-electron chi connectivity index (χ0n) is 11.7. The number of aryl methyl sites for hydroxylation is 1. The summed E-state index contributed by atoms with van der Waals surface area (Å²) in [5, 5.41) is 11.1. The lowest BCUT2D eigenvalue weighted by molar-refractivity contribution is 0.170. The minimum absolute atomic E-state index is 0.161. The van der Waals surface area contributed by atoms with Crippen LogP contribution in [0.3, 0.4) is 0 Å². The second-order valence-corrected chi connectivity index (χ2v) is 7.32. The number of ether oxygens (including phenoxy) is 1. The number of thiophene rings is 1. The molecule has 0 aliphatic rings. The first-order chi connectivity index (χ1) is 8.86. The zero-order valence-corrected chi connectivity index (χ0v) is 13.3. The molecule has 1 rings (SSSR count). The van der Waals surface area contributed by atoms with Gasteiger partial charge in [0.1, 0.15) is 4.90 Å². The first-order valence-electron chi connectivity index (χ1n) is 6.04. The summed E-state index contributed by atoms with van der Waals surface area (Å²) in [5.74, 6) is 0. The van der Waals surface area contributed by atoms with Crippen LogP contribution in [0, 0.1) is 6.92 Å². The molecule has 0 atom stereocenters. The van der Waals surface area contributed by atoms with E-state index in [4.69, 9.17) is 4.74 Å².